The molecule has 0 atom stereocenters. The first kappa shape index (κ1) is 30.7. The lowest BCUT2D eigenvalue weighted by Crippen LogP contribution is -2.29. The van der Waals surface area contributed by atoms with Gasteiger partial charge in [0.2, 0.25) is 5.52 Å². The molecule has 0 aliphatic rings. The Labute approximate surface area is 275 Å². The molecular weight excluding hydrogens is 556 g/mol. The van der Waals surface area contributed by atoms with E-state index < -0.39 is 0 Å². The normalized spacial score (nSPS) is 13.0. The fraction of sp³-hybridized carbons (Fsp3) is 0.386. The molecule has 236 valence electrons. The number of hydrogen-bond acceptors (Lipinski definition) is 0. The molecule has 0 fully saturated rings. The average molecular weight is 608 g/mol. The molecule has 0 unspecified atom stereocenters. The zero-order valence-corrected chi connectivity index (χ0v) is 30.1. The third-order valence-corrected chi connectivity index (χ3v) is 10.5. The fourth-order valence-electron chi connectivity index (χ4n) is 8.18. The highest BCUT2D eigenvalue weighted by molar-refractivity contribution is 6.27. The van der Waals surface area contributed by atoms with Gasteiger partial charge in [-0.2, -0.15) is 0 Å². The first-order valence-corrected chi connectivity index (χ1v) is 17.4. The zero-order chi connectivity index (χ0) is 33.0. The van der Waals surface area contributed by atoms with Crippen molar-refractivity contribution < 1.29 is 4.57 Å². The van der Waals surface area contributed by atoms with Gasteiger partial charge in [-0.3, -0.25) is 0 Å². The summed E-state index contributed by atoms with van der Waals surface area (Å²) in [6.45, 7) is 25.8. The van der Waals surface area contributed by atoms with Crippen LogP contribution < -0.4 is 4.57 Å². The van der Waals surface area contributed by atoms with E-state index >= 15 is 0 Å². The predicted molar refractivity (Wildman–Crippen MR) is 200 cm³/mol. The summed E-state index contributed by atoms with van der Waals surface area (Å²) < 4.78 is 4.99. The Balaban J connectivity index is 1.74. The van der Waals surface area contributed by atoms with Crippen molar-refractivity contribution in [3.05, 3.63) is 94.2 Å². The summed E-state index contributed by atoms with van der Waals surface area (Å²) >= 11 is 0. The van der Waals surface area contributed by atoms with Gasteiger partial charge in [0, 0.05) is 16.8 Å². The molecule has 0 amide bonds. The minimum absolute atomic E-state index is 0.191. The van der Waals surface area contributed by atoms with Gasteiger partial charge in [-0.25, -0.2) is 4.57 Å². The van der Waals surface area contributed by atoms with Crippen LogP contribution in [-0.4, -0.2) is 4.40 Å². The zero-order valence-electron chi connectivity index (χ0n) is 30.1. The highest BCUT2D eigenvalue weighted by Crippen LogP contribution is 2.46. The summed E-state index contributed by atoms with van der Waals surface area (Å²) in [6.07, 6.45) is 3.32. The molecule has 4 aromatic carbocycles. The maximum absolute atomic E-state index is 2.63. The van der Waals surface area contributed by atoms with Crippen LogP contribution in [0.4, 0.5) is 0 Å². The lowest BCUT2D eigenvalue weighted by molar-refractivity contribution is -0.643. The number of rotatable bonds is 5. The molecule has 46 heavy (non-hydrogen) atoms. The van der Waals surface area contributed by atoms with Crippen molar-refractivity contribution >= 4 is 49.0 Å². The average Bonchev–Trinajstić information content (AvgIpc) is 3.31. The summed E-state index contributed by atoms with van der Waals surface area (Å²) in [5, 5.41) is 6.84. The molecule has 0 bridgehead atoms. The Kier molecular flexibility index (Phi) is 7.05. The lowest BCUT2D eigenvalue weighted by atomic mass is 9.81. The number of aromatic nitrogens is 2. The smallest absolute Gasteiger partial charge is 0.224 e. The van der Waals surface area contributed by atoms with Gasteiger partial charge in [-0.05, 0) is 118 Å². The largest absolute Gasteiger partial charge is 0.307 e. The molecule has 0 radical (unpaired) electrons. The monoisotopic (exact) mass is 607 g/mol. The van der Waals surface area contributed by atoms with Crippen LogP contribution in [-0.2, 0) is 13.5 Å². The van der Waals surface area contributed by atoms with Crippen LogP contribution >= 0.6 is 0 Å². The number of fused-ring (bicyclic) bond motifs is 5. The quantitative estimate of drug-likeness (QED) is 0.104. The second kappa shape index (κ2) is 10.6. The molecule has 0 aliphatic carbocycles. The molecule has 2 nitrogen and oxygen atoms in total. The summed E-state index contributed by atoms with van der Waals surface area (Å²) in [5.41, 5.74) is 16.8. The van der Waals surface area contributed by atoms with Crippen LogP contribution in [0.5, 0.6) is 0 Å². The van der Waals surface area contributed by atoms with E-state index in [1.165, 1.54) is 93.5 Å². The van der Waals surface area contributed by atoms with Gasteiger partial charge in [-0.15, -0.1) is 0 Å². The second-order valence-electron chi connectivity index (χ2n) is 16.2. The van der Waals surface area contributed by atoms with Crippen molar-refractivity contribution in [3.8, 4) is 11.1 Å². The Morgan fingerprint density at radius 3 is 2.02 bits per heavy atom. The van der Waals surface area contributed by atoms with Crippen molar-refractivity contribution in [2.75, 3.05) is 0 Å². The molecule has 3 aromatic heterocycles. The first-order chi connectivity index (χ1) is 21.7. The molecule has 3 heterocycles. The first-order valence-electron chi connectivity index (χ1n) is 17.4. The highest BCUT2D eigenvalue weighted by Gasteiger charge is 2.28. The molecule has 0 saturated heterocycles. The van der Waals surface area contributed by atoms with E-state index in [2.05, 4.69) is 153 Å². The van der Waals surface area contributed by atoms with E-state index in [1.807, 2.05) is 0 Å². The van der Waals surface area contributed by atoms with Crippen molar-refractivity contribution in [2.24, 2.45) is 12.5 Å². The van der Waals surface area contributed by atoms with Gasteiger partial charge in [0.15, 0.2) is 6.20 Å². The topological polar surface area (TPSA) is 8.29 Å². The van der Waals surface area contributed by atoms with Crippen LogP contribution in [0.15, 0.2) is 60.8 Å². The standard InChI is InChI=1S/C44H51N2/c1-24(2)31-20-33(25(3)4)39(34(21-31)26(5)6)32-19-29-16-17-45(12)43-38-28(8)27(7)18-35-40-30(23-44(9,10)11)14-13-15-36(40)46(42(35)38)37(22-32)41(29)43/h13-22,24-26H,23H2,1-12H3/q+1. The number of aryl methyl sites for hydroxylation is 3. The summed E-state index contributed by atoms with van der Waals surface area (Å²) in [5.74, 6) is 1.34. The van der Waals surface area contributed by atoms with Crippen molar-refractivity contribution in [2.45, 2.75) is 100 Å². The Bertz CT molecular complexity index is 2290. The van der Waals surface area contributed by atoms with Gasteiger partial charge >= 0.3 is 0 Å². The highest BCUT2D eigenvalue weighted by atomic mass is 15.0. The van der Waals surface area contributed by atoms with Gasteiger partial charge < -0.3 is 4.40 Å². The summed E-state index contributed by atoms with van der Waals surface area (Å²) in [7, 11) is 2.22. The summed E-state index contributed by atoms with van der Waals surface area (Å²) in [4.78, 5) is 0. The minimum Gasteiger partial charge on any atom is -0.307 e. The van der Waals surface area contributed by atoms with Crippen LogP contribution in [0.2, 0.25) is 0 Å². The van der Waals surface area contributed by atoms with Crippen LogP contribution in [0.3, 0.4) is 0 Å². The lowest BCUT2D eigenvalue weighted by Gasteiger charge is -2.24. The SMILES string of the molecule is Cc1cc2c3c(CC(C)(C)C)cccc3n3c4cc(-c5c(C(C)C)cc(C(C)C)cc5C(C)C)cc5cc[n+](C)c(c(c1C)c23)c54. The maximum atomic E-state index is 2.63. The van der Waals surface area contributed by atoms with E-state index in [0.717, 1.165) is 6.42 Å². The van der Waals surface area contributed by atoms with Crippen molar-refractivity contribution in [3.63, 3.8) is 0 Å². The molecule has 0 spiro atoms. The van der Waals surface area contributed by atoms with E-state index in [1.54, 1.807) is 0 Å². The van der Waals surface area contributed by atoms with Gasteiger partial charge in [-0.1, -0.05) is 86.6 Å². The molecule has 0 aliphatic heterocycles. The van der Waals surface area contributed by atoms with E-state index in [9.17, 15) is 0 Å². The molecule has 0 saturated carbocycles. The molecule has 7 rings (SSSR count). The Morgan fingerprint density at radius 1 is 0.739 bits per heavy atom. The predicted octanol–water partition coefficient (Wildman–Crippen LogP) is 12.1. The van der Waals surface area contributed by atoms with E-state index in [4.69, 9.17) is 0 Å². The van der Waals surface area contributed by atoms with Gasteiger partial charge in [0.25, 0.3) is 0 Å². The third kappa shape index (κ3) is 4.55. The van der Waals surface area contributed by atoms with Crippen LogP contribution in [0.25, 0.3) is 60.1 Å². The number of hydrogen-bond donors (Lipinski definition) is 0. The molecule has 7 aromatic rings. The number of pyridine rings is 2. The van der Waals surface area contributed by atoms with E-state index in [0.29, 0.717) is 17.8 Å². The van der Waals surface area contributed by atoms with Crippen molar-refractivity contribution in [1.82, 2.24) is 4.40 Å². The fourth-order valence-corrected chi connectivity index (χ4v) is 8.18. The second-order valence-corrected chi connectivity index (χ2v) is 16.2. The van der Waals surface area contributed by atoms with Gasteiger partial charge in [0.05, 0.1) is 27.3 Å². The molecule has 0 N–H and O–H groups in total. The van der Waals surface area contributed by atoms with Crippen molar-refractivity contribution in [1.29, 1.82) is 0 Å². The van der Waals surface area contributed by atoms with Crippen LogP contribution in [0, 0.1) is 19.3 Å². The Morgan fingerprint density at radius 2 is 1.41 bits per heavy atom. The van der Waals surface area contributed by atoms with Gasteiger partial charge in [0.1, 0.15) is 7.05 Å². The number of nitrogens with zero attached hydrogens (tertiary/aromatic N) is 2. The molecular formula is C44H51N2+. The van der Waals surface area contributed by atoms with E-state index in [-0.39, 0.29) is 5.41 Å². The Hall–Kier alpha value is -3.91. The summed E-state index contributed by atoms with van der Waals surface area (Å²) in [6, 6.07) is 21.8. The minimum atomic E-state index is 0.191. The number of benzene rings is 4. The maximum Gasteiger partial charge on any atom is 0.224 e. The van der Waals surface area contributed by atoms with Crippen LogP contribution in [0.1, 0.15) is 113 Å². The third-order valence-electron chi connectivity index (χ3n) is 10.5. The molecule has 2 heteroatoms.